The molecule has 2 aliphatic carbocycles. The van der Waals surface area contributed by atoms with E-state index in [4.69, 9.17) is 0 Å². The fourth-order valence-corrected chi connectivity index (χ4v) is 23.1. The van der Waals surface area contributed by atoms with E-state index in [0.717, 1.165) is 7.25 Å². The first-order valence-corrected chi connectivity index (χ1v) is 15.1. The van der Waals surface area contributed by atoms with E-state index in [9.17, 15) is 0 Å². The van der Waals surface area contributed by atoms with Gasteiger partial charge in [0.15, 0.2) is 0 Å². The van der Waals surface area contributed by atoms with Gasteiger partial charge in [-0.1, -0.05) is 0 Å². The molecule has 0 amide bonds. The Kier molecular flexibility index (Phi) is 3.02. The summed E-state index contributed by atoms with van der Waals surface area (Å²) in [5.41, 5.74) is 9.58. The molecule has 2 aromatic carbocycles. The molecule has 2 aromatic rings. The third-order valence-electron chi connectivity index (χ3n) is 6.27. The topological polar surface area (TPSA) is 0 Å². The average molecular weight is 378 g/mol. The summed E-state index contributed by atoms with van der Waals surface area (Å²) in [5, 5.41) is 0. The van der Waals surface area contributed by atoms with Crippen LogP contribution in [-0.2, 0) is 20.3 Å². The summed E-state index contributed by atoms with van der Waals surface area (Å²) in [6.45, 7) is 4.78. The Labute approximate surface area is 143 Å². The molecule has 23 heavy (non-hydrogen) atoms. The van der Waals surface area contributed by atoms with Gasteiger partial charge in [-0.3, -0.25) is 0 Å². The number of hydrogen-bond donors (Lipinski definition) is 0. The first-order valence-electron chi connectivity index (χ1n) is 8.75. The molecule has 1 aliphatic heterocycles. The van der Waals surface area contributed by atoms with Crippen LogP contribution in [0.3, 0.4) is 0 Å². The van der Waals surface area contributed by atoms with E-state index in [0.29, 0.717) is 0 Å². The van der Waals surface area contributed by atoms with Crippen molar-refractivity contribution in [3.8, 4) is 0 Å². The van der Waals surface area contributed by atoms with Crippen molar-refractivity contribution in [2.45, 2.75) is 29.4 Å². The summed E-state index contributed by atoms with van der Waals surface area (Å²) < 4.78 is 4.73. The Morgan fingerprint density at radius 1 is 0.696 bits per heavy atom. The maximum atomic E-state index is 2.47. The van der Waals surface area contributed by atoms with E-state index in [1.807, 2.05) is 0 Å². The van der Waals surface area contributed by atoms with Crippen molar-refractivity contribution in [1.29, 1.82) is 0 Å². The third kappa shape index (κ3) is 1.93. The van der Waals surface area contributed by atoms with Crippen molar-refractivity contribution in [1.82, 2.24) is 0 Å². The summed E-state index contributed by atoms with van der Waals surface area (Å²) in [6.07, 6.45) is 4.94. The summed E-state index contributed by atoms with van der Waals surface area (Å²) in [7, 11) is 0. The summed E-state index contributed by atoms with van der Waals surface area (Å²) in [4.78, 5) is 0. The van der Waals surface area contributed by atoms with Gasteiger partial charge in [0.05, 0.1) is 0 Å². The molecule has 1 heterocycles. The van der Waals surface area contributed by atoms with Gasteiger partial charge in [-0.2, -0.15) is 0 Å². The van der Waals surface area contributed by atoms with Gasteiger partial charge in [0, 0.05) is 0 Å². The van der Waals surface area contributed by atoms with E-state index >= 15 is 0 Å². The number of benzene rings is 2. The average Bonchev–Trinajstić information content (AvgIpc) is 3.13. The molecule has 114 valence electrons. The van der Waals surface area contributed by atoms with Gasteiger partial charge in [0.25, 0.3) is 0 Å². The standard InChI is InChI=1S/2C10H9.C2H4.Zr/c2*1-8-6-9-4-2-3-5-10(9)7-8;1-2;/h2*2-7H,1H3;1-2H2;. The van der Waals surface area contributed by atoms with E-state index in [1.165, 1.54) is 11.1 Å². The molecule has 1 saturated heterocycles. The molecular formula is C22H22Zr. The number of hydrogen-bond acceptors (Lipinski definition) is 0. The van der Waals surface area contributed by atoms with Gasteiger partial charge in [-0.25, -0.2) is 0 Å². The Morgan fingerprint density at radius 2 is 1.13 bits per heavy atom. The number of allylic oxidation sites excluding steroid dienone is 2. The van der Waals surface area contributed by atoms with Gasteiger partial charge in [-0.15, -0.1) is 0 Å². The summed E-state index contributed by atoms with van der Waals surface area (Å²) >= 11 is -2.25. The Balaban J connectivity index is 1.65. The second-order valence-corrected chi connectivity index (χ2v) is 19.0. The molecular weight excluding hydrogens is 355 g/mol. The second kappa shape index (κ2) is 4.90. The van der Waals surface area contributed by atoms with E-state index in [2.05, 4.69) is 74.5 Å². The number of fused-ring (bicyclic) bond motifs is 2. The van der Waals surface area contributed by atoms with Crippen molar-refractivity contribution in [2.24, 2.45) is 0 Å². The molecule has 0 spiro atoms. The van der Waals surface area contributed by atoms with Crippen molar-refractivity contribution < 1.29 is 20.3 Å². The fourth-order valence-electron chi connectivity index (χ4n) is 5.37. The molecule has 3 aliphatic rings. The number of rotatable bonds is 2. The molecule has 1 heteroatoms. The van der Waals surface area contributed by atoms with Crippen molar-refractivity contribution in [3.63, 3.8) is 0 Å². The summed E-state index contributed by atoms with van der Waals surface area (Å²) in [5.74, 6) is 0. The second-order valence-electron chi connectivity index (χ2n) is 7.63. The van der Waals surface area contributed by atoms with Crippen molar-refractivity contribution >= 4 is 12.2 Å². The molecule has 0 N–H and O–H groups in total. The third-order valence-corrected chi connectivity index (χ3v) is 19.8. The molecule has 0 nitrogen and oxygen atoms in total. The molecule has 2 unspecified atom stereocenters. The predicted octanol–water partition coefficient (Wildman–Crippen LogP) is 6.31. The zero-order chi connectivity index (χ0) is 15.6. The minimum atomic E-state index is -2.25. The molecule has 0 radical (unpaired) electrons. The van der Waals surface area contributed by atoms with Crippen LogP contribution in [0.25, 0.3) is 12.2 Å². The van der Waals surface area contributed by atoms with Gasteiger partial charge in [0.2, 0.25) is 0 Å². The van der Waals surface area contributed by atoms with Gasteiger partial charge in [0.1, 0.15) is 0 Å². The predicted molar refractivity (Wildman–Crippen MR) is 95.3 cm³/mol. The maximum absolute atomic E-state index is 2.47. The van der Waals surface area contributed by atoms with Gasteiger partial charge < -0.3 is 0 Å². The molecule has 0 bridgehead atoms. The molecule has 5 rings (SSSR count). The van der Waals surface area contributed by atoms with Crippen LogP contribution in [0.5, 0.6) is 0 Å². The Hall–Kier alpha value is -1.20. The molecule has 0 aromatic heterocycles. The Morgan fingerprint density at radius 3 is 1.57 bits per heavy atom. The van der Waals surface area contributed by atoms with Gasteiger partial charge in [-0.05, 0) is 0 Å². The molecule has 2 atom stereocenters. The minimum absolute atomic E-state index is 0.806. The van der Waals surface area contributed by atoms with E-state index in [1.54, 1.807) is 30.5 Å². The SMILES string of the molecule is CC1=Cc2ccccc2[CH]1[Zr]1([CH]2C(C)=Cc3ccccc32)[CH2][CH2]1. The van der Waals surface area contributed by atoms with Crippen LogP contribution in [-0.4, -0.2) is 0 Å². The van der Waals surface area contributed by atoms with Crippen molar-refractivity contribution in [3.05, 3.63) is 81.9 Å². The fraction of sp³-hybridized carbons (Fsp3) is 0.273. The van der Waals surface area contributed by atoms with Crippen LogP contribution in [0.1, 0.15) is 43.4 Å². The normalized spacial score (nSPS) is 26.3. The zero-order valence-corrected chi connectivity index (χ0v) is 16.3. The first kappa shape index (κ1) is 14.2. The molecule has 1 fully saturated rings. The van der Waals surface area contributed by atoms with Crippen LogP contribution in [0.2, 0.25) is 8.26 Å². The first-order chi connectivity index (χ1) is 11.2. The van der Waals surface area contributed by atoms with E-state index < -0.39 is 20.3 Å². The monoisotopic (exact) mass is 376 g/mol. The summed E-state index contributed by atoms with van der Waals surface area (Å²) in [6, 6.07) is 18.3. The van der Waals surface area contributed by atoms with Crippen LogP contribution in [0, 0.1) is 0 Å². The quantitative estimate of drug-likeness (QED) is 0.575. The zero-order valence-electron chi connectivity index (χ0n) is 13.8. The van der Waals surface area contributed by atoms with E-state index in [-0.39, 0.29) is 0 Å². The van der Waals surface area contributed by atoms with Crippen LogP contribution in [0.4, 0.5) is 0 Å². The van der Waals surface area contributed by atoms with Crippen molar-refractivity contribution in [2.75, 3.05) is 0 Å². The molecule has 0 saturated carbocycles. The van der Waals surface area contributed by atoms with Crippen LogP contribution >= 0.6 is 0 Å². The van der Waals surface area contributed by atoms with Gasteiger partial charge >= 0.3 is 144 Å². The van der Waals surface area contributed by atoms with Crippen LogP contribution < -0.4 is 0 Å². The van der Waals surface area contributed by atoms with Crippen LogP contribution in [0.15, 0.2) is 59.7 Å². The Bertz CT molecular complexity index is 798.